The molecule has 1 saturated heterocycles. The van der Waals surface area contributed by atoms with E-state index in [1.54, 1.807) is 4.90 Å². The third-order valence-electron chi connectivity index (χ3n) is 3.76. The van der Waals surface area contributed by atoms with Crippen molar-refractivity contribution in [3.05, 3.63) is 30.1 Å². The van der Waals surface area contributed by atoms with Crippen molar-refractivity contribution in [2.24, 2.45) is 0 Å². The van der Waals surface area contributed by atoms with E-state index >= 15 is 0 Å². The third-order valence-corrected chi connectivity index (χ3v) is 3.76. The molecule has 22 heavy (non-hydrogen) atoms. The first kappa shape index (κ1) is 16.7. The van der Waals surface area contributed by atoms with E-state index in [4.69, 9.17) is 4.74 Å². The van der Waals surface area contributed by atoms with Crippen molar-refractivity contribution in [2.75, 3.05) is 13.1 Å². The quantitative estimate of drug-likeness (QED) is 0.932. The van der Waals surface area contributed by atoms with E-state index in [-0.39, 0.29) is 12.1 Å². The number of likely N-dealkylation sites (tertiary alicyclic amines) is 1. The maximum absolute atomic E-state index is 12.0. The van der Waals surface area contributed by atoms with Gasteiger partial charge in [0.1, 0.15) is 5.60 Å². The van der Waals surface area contributed by atoms with Gasteiger partial charge in [-0.25, -0.2) is 4.79 Å². The molecule has 1 amide bonds. The van der Waals surface area contributed by atoms with Crippen LogP contribution in [0.15, 0.2) is 24.4 Å². The summed E-state index contributed by atoms with van der Waals surface area (Å²) in [6.45, 7) is 9.29. The van der Waals surface area contributed by atoms with Crippen LogP contribution in [0.2, 0.25) is 0 Å². The molecule has 0 radical (unpaired) electrons. The minimum atomic E-state index is -0.431. The fraction of sp³-hybridized carbons (Fsp3) is 0.647. The Labute approximate surface area is 133 Å². The fourth-order valence-corrected chi connectivity index (χ4v) is 2.63. The summed E-state index contributed by atoms with van der Waals surface area (Å²) in [5.41, 5.74) is 0.622. The van der Waals surface area contributed by atoms with Gasteiger partial charge >= 0.3 is 6.09 Å². The van der Waals surface area contributed by atoms with Crippen LogP contribution >= 0.6 is 0 Å². The van der Waals surface area contributed by atoms with Crippen molar-refractivity contribution in [3.8, 4) is 0 Å². The molecule has 0 unspecified atom stereocenters. The van der Waals surface area contributed by atoms with E-state index in [1.807, 2.05) is 45.2 Å². The molecule has 0 spiro atoms. The summed E-state index contributed by atoms with van der Waals surface area (Å²) in [4.78, 5) is 18.2. The van der Waals surface area contributed by atoms with Crippen molar-refractivity contribution in [3.63, 3.8) is 0 Å². The maximum atomic E-state index is 12.0. The smallest absolute Gasteiger partial charge is 0.410 e. The van der Waals surface area contributed by atoms with Gasteiger partial charge in [0.2, 0.25) is 0 Å². The van der Waals surface area contributed by atoms with Crippen LogP contribution in [0.4, 0.5) is 4.79 Å². The van der Waals surface area contributed by atoms with Gasteiger partial charge in [0.25, 0.3) is 0 Å². The zero-order valence-corrected chi connectivity index (χ0v) is 14.0. The van der Waals surface area contributed by atoms with E-state index in [0.29, 0.717) is 6.04 Å². The van der Waals surface area contributed by atoms with Crippen LogP contribution in [0.25, 0.3) is 0 Å². The van der Waals surface area contributed by atoms with E-state index in [2.05, 4.69) is 17.2 Å². The van der Waals surface area contributed by atoms with Gasteiger partial charge in [-0.05, 0) is 52.7 Å². The standard InChI is InChI=1S/C17H27N3O2/c1-13(15-7-5-6-10-18-15)19-14-8-11-20(12-9-14)16(21)22-17(2,3)4/h5-7,10,13-14,19H,8-9,11-12H2,1-4H3/t13-/m1/s1. The molecular weight excluding hydrogens is 278 g/mol. The lowest BCUT2D eigenvalue weighted by atomic mass is 10.0. The number of aromatic nitrogens is 1. The molecule has 1 atom stereocenters. The van der Waals surface area contributed by atoms with E-state index in [0.717, 1.165) is 31.6 Å². The summed E-state index contributed by atoms with van der Waals surface area (Å²) in [6.07, 6.45) is 3.49. The van der Waals surface area contributed by atoms with Crippen molar-refractivity contribution in [1.29, 1.82) is 0 Å². The first-order valence-corrected chi connectivity index (χ1v) is 8.00. The molecule has 1 N–H and O–H groups in total. The minimum Gasteiger partial charge on any atom is -0.444 e. The van der Waals surface area contributed by atoms with Crippen molar-refractivity contribution in [1.82, 2.24) is 15.2 Å². The number of ether oxygens (including phenoxy) is 1. The molecule has 0 bridgehead atoms. The van der Waals surface area contributed by atoms with Crippen molar-refractivity contribution >= 4 is 6.09 Å². The van der Waals surface area contributed by atoms with Crippen LogP contribution < -0.4 is 5.32 Å². The summed E-state index contributed by atoms with van der Waals surface area (Å²) in [7, 11) is 0. The molecule has 1 fully saturated rings. The summed E-state index contributed by atoms with van der Waals surface area (Å²) in [5, 5.41) is 3.60. The first-order valence-electron chi connectivity index (χ1n) is 8.00. The Morgan fingerprint density at radius 3 is 2.59 bits per heavy atom. The van der Waals surface area contributed by atoms with Crippen molar-refractivity contribution < 1.29 is 9.53 Å². The zero-order valence-electron chi connectivity index (χ0n) is 14.0. The number of nitrogens with one attached hydrogen (secondary N) is 1. The fourth-order valence-electron chi connectivity index (χ4n) is 2.63. The molecule has 0 saturated carbocycles. The topological polar surface area (TPSA) is 54.5 Å². The second-order valence-electron chi connectivity index (χ2n) is 6.88. The number of pyridine rings is 1. The number of hydrogen-bond acceptors (Lipinski definition) is 4. The summed E-state index contributed by atoms with van der Waals surface area (Å²) in [6, 6.07) is 6.60. The number of rotatable bonds is 3. The Morgan fingerprint density at radius 2 is 2.05 bits per heavy atom. The third kappa shape index (κ3) is 4.98. The summed E-state index contributed by atoms with van der Waals surface area (Å²) < 4.78 is 5.42. The molecule has 1 aromatic rings. The van der Waals surface area contributed by atoms with Crippen molar-refractivity contribution in [2.45, 2.75) is 58.2 Å². The average molecular weight is 305 g/mol. The van der Waals surface area contributed by atoms with E-state index in [1.165, 1.54) is 0 Å². The van der Waals surface area contributed by atoms with E-state index in [9.17, 15) is 4.79 Å². The Balaban J connectivity index is 1.79. The zero-order chi connectivity index (χ0) is 16.2. The lowest BCUT2D eigenvalue weighted by Gasteiger charge is -2.34. The molecule has 2 heterocycles. The molecule has 2 rings (SSSR count). The van der Waals surface area contributed by atoms with Gasteiger partial charge in [0, 0.05) is 31.4 Å². The number of carbonyl (C=O) groups is 1. The van der Waals surface area contributed by atoms with Gasteiger partial charge in [-0.1, -0.05) is 6.07 Å². The lowest BCUT2D eigenvalue weighted by molar-refractivity contribution is 0.0196. The predicted molar refractivity (Wildman–Crippen MR) is 86.6 cm³/mol. The SMILES string of the molecule is C[C@@H](NC1CCN(C(=O)OC(C)(C)C)CC1)c1ccccn1. The summed E-state index contributed by atoms with van der Waals surface area (Å²) >= 11 is 0. The average Bonchev–Trinajstić information content (AvgIpc) is 2.47. The number of nitrogens with zero attached hydrogens (tertiary/aromatic N) is 2. The van der Waals surface area contributed by atoms with Gasteiger partial charge in [-0.15, -0.1) is 0 Å². The molecule has 0 aliphatic carbocycles. The highest BCUT2D eigenvalue weighted by molar-refractivity contribution is 5.68. The van der Waals surface area contributed by atoms with Gasteiger partial charge < -0.3 is 15.0 Å². The van der Waals surface area contributed by atoms with Crippen LogP contribution in [-0.2, 0) is 4.74 Å². The van der Waals surface area contributed by atoms with Crippen LogP contribution in [0.5, 0.6) is 0 Å². The normalized spacial score (nSPS) is 18.1. The molecule has 5 heteroatoms. The van der Waals surface area contributed by atoms with Crippen LogP contribution in [-0.4, -0.2) is 40.7 Å². The highest BCUT2D eigenvalue weighted by Gasteiger charge is 2.27. The Hall–Kier alpha value is -1.62. The van der Waals surface area contributed by atoms with Gasteiger partial charge in [0.15, 0.2) is 0 Å². The Morgan fingerprint density at radius 1 is 1.36 bits per heavy atom. The van der Waals surface area contributed by atoms with Gasteiger partial charge in [0.05, 0.1) is 5.69 Å². The second kappa shape index (κ2) is 7.09. The number of piperidine rings is 1. The monoisotopic (exact) mass is 305 g/mol. The maximum Gasteiger partial charge on any atom is 0.410 e. The number of carbonyl (C=O) groups excluding carboxylic acids is 1. The van der Waals surface area contributed by atoms with Gasteiger partial charge in [-0.2, -0.15) is 0 Å². The lowest BCUT2D eigenvalue weighted by Crippen LogP contribution is -2.47. The van der Waals surface area contributed by atoms with Crippen LogP contribution in [0, 0.1) is 0 Å². The molecule has 122 valence electrons. The molecular formula is C17H27N3O2. The highest BCUT2D eigenvalue weighted by Crippen LogP contribution is 2.18. The van der Waals surface area contributed by atoms with Crippen LogP contribution in [0.1, 0.15) is 52.3 Å². The largest absolute Gasteiger partial charge is 0.444 e. The van der Waals surface area contributed by atoms with E-state index < -0.39 is 5.60 Å². The molecule has 1 aliphatic rings. The molecule has 1 aromatic heterocycles. The number of amides is 1. The molecule has 0 aromatic carbocycles. The number of hydrogen-bond donors (Lipinski definition) is 1. The van der Waals surface area contributed by atoms with Crippen LogP contribution in [0.3, 0.4) is 0 Å². The first-order chi connectivity index (χ1) is 10.3. The van der Waals surface area contributed by atoms with Gasteiger partial charge in [-0.3, -0.25) is 4.98 Å². The Kier molecular flexibility index (Phi) is 5.40. The minimum absolute atomic E-state index is 0.205. The predicted octanol–water partition coefficient (Wildman–Crippen LogP) is 3.13. The molecule has 1 aliphatic heterocycles. The second-order valence-corrected chi connectivity index (χ2v) is 6.88. The Bertz CT molecular complexity index is 476. The molecule has 5 nitrogen and oxygen atoms in total. The summed E-state index contributed by atoms with van der Waals surface area (Å²) in [5.74, 6) is 0. The highest BCUT2D eigenvalue weighted by atomic mass is 16.6.